The second-order valence-corrected chi connectivity index (χ2v) is 10.5. The van der Waals surface area contributed by atoms with Crippen LogP contribution in [-0.2, 0) is 9.59 Å². The number of aryl methyl sites for hydroxylation is 2. The molecule has 0 radical (unpaired) electrons. The van der Waals surface area contributed by atoms with E-state index in [-0.39, 0.29) is 17.6 Å². The van der Waals surface area contributed by atoms with Crippen molar-refractivity contribution < 1.29 is 9.59 Å². The highest BCUT2D eigenvalue weighted by molar-refractivity contribution is 8.14. The van der Waals surface area contributed by atoms with Gasteiger partial charge in [0.05, 0.1) is 11.3 Å². The highest BCUT2D eigenvalue weighted by Gasteiger charge is 2.30. The molecule has 2 amide bonds. The van der Waals surface area contributed by atoms with Crippen LogP contribution in [0.2, 0.25) is 0 Å². The molecule has 1 aliphatic heterocycles. The molecule has 0 unspecified atom stereocenters. The van der Waals surface area contributed by atoms with Crippen molar-refractivity contribution in [3.8, 4) is 0 Å². The number of hydrogen-bond donors (Lipinski definition) is 3. The van der Waals surface area contributed by atoms with E-state index < -0.39 is 6.04 Å². The van der Waals surface area contributed by atoms with Crippen LogP contribution in [0.1, 0.15) is 29.7 Å². The molecule has 3 aromatic rings. The van der Waals surface area contributed by atoms with Crippen LogP contribution in [0.4, 0.5) is 17.1 Å². The lowest BCUT2D eigenvalue weighted by atomic mass is 9.95. The fourth-order valence-corrected chi connectivity index (χ4v) is 5.05. The Morgan fingerprint density at radius 2 is 1.55 bits per heavy atom. The first-order valence-electron chi connectivity index (χ1n) is 12.4. The van der Waals surface area contributed by atoms with Gasteiger partial charge in [-0.2, -0.15) is 0 Å². The van der Waals surface area contributed by atoms with Gasteiger partial charge in [-0.15, -0.1) is 0 Å². The van der Waals surface area contributed by atoms with E-state index in [1.807, 2.05) is 106 Å². The maximum atomic E-state index is 13.4. The summed E-state index contributed by atoms with van der Waals surface area (Å²) in [6, 6.07) is 22.8. The standard InChI is InChI=1S/C30H33N5O2S/c1-19-15-20(2)17-24(16-19)32-26(36)18-38-30-31-21(3)27(29(37)33-23-9-7-6-8-10-23)28(34-30)22-11-13-25(14-12-22)35(4)5/h6-17,28H,18H2,1-5H3,(H,31,34)(H,32,36)(H,33,37)/t28-/m1/s1. The molecule has 0 fully saturated rings. The summed E-state index contributed by atoms with van der Waals surface area (Å²) in [6.07, 6.45) is 0. The summed E-state index contributed by atoms with van der Waals surface area (Å²) >= 11 is 1.31. The van der Waals surface area contributed by atoms with Gasteiger partial charge in [0.1, 0.15) is 6.04 Å². The predicted octanol–water partition coefficient (Wildman–Crippen LogP) is 5.65. The minimum Gasteiger partial charge on any atom is -0.378 e. The van der Waals surface area contributed by atoms with Crippen molar-refractivity contribution in [2.45, 2.75) is 26.8 Å². The SMILES string of the molecule is CC1=C(C(=O)Nc2ccccc2)[C@@H](c2ccc(N(C)C)cc2)N=C(SCC(=O)Nc2cc(C)cc(C)c2)N1. The molecular weight excluding hydrogens is 494 g/mol. The third-order valence-electron chi connectivity index (χ3n) is 6.07. The number of hydrogen-bond acceptors (Lipinski definition) is 6. The Bertz CT molecular complexity index is 1360. The number of rotatable bonds is 7. The van der Waals surface area contributed by atoms with E-state index in [2.05, 4.69) is 22.0 Å². The lowest BCUT2D eigenvalue weighted by molar-refractivity contribution is -0.114. The summed E-state index contributed by atoms with van der Waals surface area (Å²) in [7, 11) is 3.97. The molecule has 4 rings (SSSR count). The number of amidine groups is 1. The number of aliphatic imine (C=N–C) groups is 1. The van der Waals surface area contributed by atoms with Gasteiger partial charge in [-0.3, -0.25) is 9.59 Å². The topological polar surface area (TPSA) is 85.8 Å². The molecule has 3 aromatic carbocycles. The van der Waals surface area contributed by atoms with E-state index in [1.165, 1.54) is 11.8 Å². The van der Waals surface area contributed by atoms with Gasteiger partial charge in [0.15, 0.2) is 5.17 Å². The Kier molecular flexibility index (Phi) is 8.53. The van der Waals surface area contributed by atoms with Crippen LogP contribution in [-0.4, -0.2) is 36.8 Å². The maximum Gasteiger partial charge on any atom is 0.255 e. The van der Waals surface area contributed by atoms with Crippen LogP contribution >= 0.6 is 11.8 Å². The highest BCUT2D eigenvalue weighted by Crippen LogP contribution is 2.34. The molecule has 8 heteroatoms. The zero-order valence-corrected chi connectivity index (χ0v) is 23.1. The zero-order valence-electron chi connectivity index (χ0n) is 22.3. The van der Waals surface area contributed by atoms with Crippen LogP contribution < -0.4 is 20.9 Å². The first kappa shape index (κ1) is 27.0. The third-order valence-corrected chi connectivity index (χ3v) is 6.95. The number of nitrogens with zero attached hydrogens (tertiary/aromatic N) is 2. The molecule has 1 aliphatic rings. The number of anilines is 3. The van der Waals surface area contributed by atoms with E-state index in [0.717, 1.165) is 28.1 Å². The molecule has 1 atom stereocenters. The summed E-state index contributed by atoms with van der Waals surface area (Å²) < 4.78 is 0. The average molecular weight is 528 g/mol. The van der Waals surface area contributed by atoms with Crippen LogP contribution in [0.5, 0.6) is 0 Å². The largest absolute Gasteiger partial charge is 0.378 e. The highest BCUT2D eigenvalue weighted by atomic mass is 32.2. The molecular formula is C30H33N5O2S. The van der Waals surface area contributed by atoms with E-state index in [4.69, 9.17) is 4.99 Å². The van der Waals surface area contributed by atoms with Crippen LogP contribution in [0.25, 0.3) is 0 Å². The molecule has 3 N–H and O–H groups in total. The van der Waals surface area contributed by atoms with Crippen molar-refractivity contribution in [3.63, 3.8) is 0 Å². The van der Waals surface area contributed by atoms with Gasteiger partial charge in [-0.25, -0.2) is 4.99 Å². The van der Waals surface area contributed by atoms with E-state index in [0.29, 0.717) is 22.1 Å². The number of benzene rings is 3. The Labute approximate surface area is 228 Å². The molecule has 196 valence electrons. The monoisotopic (exact) mass is 527 g/mol. The fraction of sp³-hybridized carbons (Fsp3) is 0.233. The number of carbonyl (C=O) groups excluding carboxylic acids is 2. The van der Waals surface area contributed by atoms with Crippen molar-refractivity contribution in [2.75, 3.05) is 35.4 Å². The molecule has 0 aliphatic carbocycles. The summed E-state index contributed by atoms with van der Waals surface area (Å²) in [5.74, 6) is -0.155. The van der Waals surface area contributed by atoms with E-state index in [1.54, 1.807) is 0 Å². The van der Waals surface area contributed by atoms with Crippen molar-refractivity contribution in [3.05, 3.63) is 101 Å². The Hall–Kier alpha value is -4.04. The molecule has 1 heterocycles. The molecule has 7 nitrogen and oxygen atoms in total. The average Bonchev–Trinajstić information content (AvgIpc) is 2.87. The van der Waals surface area contributed by atoms with Crippen molar-refractivity contribution in [1.82, 2.24) is 5.32 Å². The van der Waals surface area contributed by atoms with Crippen molar-refractivity contribution in [1.29, 1.82) is 0 Å². The second-order valence-electron chi connectivity index (χ2n) is 9.52. The number of carbonyl (C=O) groups is 2. The number of para-hydroxylation sites is 1. The van der Waals surface area contributed by atoms with Crippen molar-refractivity contribution in [2.24, 2.45) is 4.99 Å². The van der Waals surface area contributed by atoms with Crippen molar-refractivity contribution >= 4 is 45.8 Å². The molecule has 38 heavy (non-hydrogen) atoms. The Morgan fingerprint density at radius 1 is 0.895 bits per heavy atom. The van der Waals surface area contributed by atoms with Gasteiger partial charge in [-0.1, -0.05) is 48.2 Å². The van der Waals surface area contributed by atoms with Crippen LogP contribution in [0.15, 0.2) is 89.1 Å². The maximum absolute atomic E-state index is 13.4. The number of thioether (sulfide) groups is 1. The number of allylic oxidation sites excluding steroid dienone is 1. The molecule has 0 bridgehead atoms. The van der Waals surface area contributed by atoms with Crippen LogP contribution in [0, 0.1) is 13.8 Å². The van der Waals surface area contributed by atoms with E-state index >= 15 is 0 Å². The summed E-state index contributed by atoms with van der Waals surface area (Å²) in [4.78, 5) is 33.0. The summed E-state index contributed by atoms with van der Waals surface area (Å²) in [5.41, 5.74) is 6.87. The Balaban J connectivity index is 1.55. The number of amides is 2. The Morgan fingerprint density at radius 3 is 2.18 bits per heavy atom. The van der Waals surface area contributed by atoms with Gasteiger partial charge < -0.3 is 20.9 Å². The second kappa shape index (κ2) is 12.0. The quantitative estimate of drug-likeness (QED) is 0.370. The first-order chi connectivity index (χ1) is 18.2. The minimum atomic E-state index is -0.513. The zero-order chi connectivity index (χ0) is 27.2. The molecule has 0 aromatic heterocycles. The van der Waals surface area contributed by atoms with Gasteiger partial charge >= 0.3 is 0 Å². The third kappa shape index (κ3) is 6.83. The van der Waals surface area contributed by atoms with Crippen LogP contribution in [0.3, 0.4) is 0 Å². The van der Waals surface area contributed by atoms with Gasteiger partial charge in [0, 0.05) is 36.9 Å². The van der Waals surface area contributed by atoms with E-state index in [9.17, 15) is 9.59 Å². The summed E-state index contributed by atoms with van der Waals surface area (Å²) in [6.45, 7) is 5.87. The first-order valence-corrected chi connectivity index (χ1v) is 13.4. The smallest absolute Gasteiger partial charge is 0.255 e. The minimum absolute atomic E-state index is 0.120. The summed E-state index contributed by atoms with van der Waals surface area (Å²) in [5, 5.41) is 9.79. The lowest BCUT2D eigenvalue weighted by Crippen LogP contribution is -2.32. The molecule has 0 saturated heterocycles. The normalized spacial score (nSPS) is 14.9. The predicted molar refractivity (Wildman–Crippen MR) is 159 cm³/mol. The fourth-order valence-electron chi connectivity index (χ4n) is 4.31. The van der Waals surface area contributed by atoms with Gasteiger partial charge in [-0.05, 0) is 73.9 Å². The lowest BCUT2D eigenvalue weighted by Gasteiger charge is -2.26. The molecule has 0 saturated carbocycles. The van der Waals surface area contributed by atoms with Gasteiger partial charge in [0.2, 0.25) is 5.91 Å². The number of nitrogens with one attached hydrogen (secondary N) is 3. The van der Waals surface area contributed by atoms with Gasteiger partial charge in [0.25, 0.3) is 5.91 Å². The molecule has 0 spiro atoms.